The zero-order chi connectivity index (χ0) is 25.2. The van der Waals surface area contributed by atoms with Crippen molar-refractivity contribution in [3.8, 4) is 0 Å². The summed E-state index contributed by atoms with van der Waals surface area (Å²) in [4.78, 5) is 13.4. The molecule has 3 aromatic heterocycles. The summed E-state index contributed by atoms with van der Waals surface area (Å²) in [5, 5.41) is 27.6. The summed E-state index contributed by atoms with van der Waals surface area (Å²) < 4.78 is 8.97. The maximum atomic E-state index is 11.2. The Labute approximate surface area is 216 Å². The van der Waals surface area contributed by atoms with E-state index < -0.39 is 17.6 Å². The van der Waals surface area contributed by atoms with Crippen molar-refractivity contribution in [2.24, 2.45) is 5.41 Å². The molecule has 10 heteroatoms. The van der Waals surface area contributed by atoms with Crippen molar-refractivity contribution in [1.82, 2.24) is 19.5 Å². The normalized spacial score (nSPS) is 28.2. The second kappa shape index (κ2) is 8.65. The van der Waals surface area contributed by atoms with Crippen LogP contribution in [-0.4, -0.2) is 54.6 Å². The van der Waals surface area contributed by atoms with E-state index >= 15 is 0 Å². The van der Waals surface area contributed by atoms with Gasteiger partial charge in [0.2, 0.25) is 0 Å². The predicted octanol–water partition coefficient (Wildman–Crippen LogP) is 3.96. The van der Waals surface area contributed by atoms with Gasteiger partial charge in [-0.05, 0) is 66.4 Å². The summed E-state index contributed by atoms with van der Waals surface area (Å²) in [7, 11) is 0. The molecule has 1 aliphatic carbocycles. The number of fused-ring (bicyclic) bond motifs is 2. The summed E-state index contributed by atoms with van der Waals surface area (Å²) in [6.45, 7) is 4.48. The van der Waals surface area contributed by atoms with Crippen molar-refractivity contribution in [3.05, 3.63) is 52.9 Å². The van der Waals surface area contributed by atoms with Gasteiger partial charge in [-0.15, -0.1) is 0 Å². The number of anilines is 2. The predicted molar refractivity (Wildman–Crippen MR) is 142 cm³/mol. The summed E-state index contributed by atoms with van der Waals surface area (Å²) in [5.41, 5.74) is 7.95. The third kappa shape index (κ3) is 3.75. The molecule has 1 aliphatic heterocycles. The van der Waals surface area contributed by atoms with Crippen molar-refractivity contribution >= 4 is 49.5 Å². The van der Waals surface area contributed by atoms with E-state index in [1.54, 1.807) is 0 Å². The summed E-state index contributed by atoms with van der Waals surface area (Å²) >= 11 is 3.43. The van der Waals surface area contributed by atoms with Crippen molar-refractivity contribution in [2.45, 2.75) is 57.1 Å². The Morgan fingerprint density at radius 3 is 2.83 bits per heavy atom. The lowest BCUT2D eigenvalue weighted by Gasteiger charge is -2.26. The number of aromatic nitrogens is 4. The standard InChI is InChI=1S/C26H29BrN6O3/c1-13(2)31-24-16-5-6-33(25(16)30-12-29-24)19-9-26(22(35)21(19)34)10-20(36-11-26)15-4-3-14-7-17(27)23(28)32-18(14)8-15/h3-8,12-13,19-22,34-35H,9-11H2,1-2H3,(H2,28,32)(H,29,30,31)/t19-,20+,21+,22+,26-/m1/s1. The molecule has 1 saturated heterocycles. The van der Waals surface area contributed by atoms with E-state index in [1.807, 2.05) is 41.1 Å². The van der Waals surface area contributed by atoms with Gasteiger partial charge < -0.3 is 30.6 Å². The molecular formula is C26H29BrN6O3. The third-order valence-electron chi connectivity index (χ3n) is 7.61. The maximum Gasteiger partial charge on any atom is 0.145 e. The van der Waals surface area contributed by atoms with Crippen LogP contribution in [0.3, 0.4) is 0 Å². The van der Waals surface area contributed by atoms with Crippen molar-refractivity contribution < 1.29 is 14.9 Å². The van der Waals surface area contributed by atoms with E-state index in [9.17, 15) is 10.2 Å². The maximum absolute atomic E-state index is 11.2. The fraction of sp³-hybridized carbons (Fsp3) is 0.423. The monoisotopic (exact) mass is 552 g/mol. The number of benzene rings is 1. The van der Waals surface area contributed by atoms with Gasteiger partial charge in [-0.1, -0.05) is 12.1 Å². The number of nitrogens with two attached hydrogens (primary N) is 1. The first kappa shape index (κ1) is 23.6. The topological polar surface area (TPSA) is 131 Å². The second-order valence-electron chi connectivity index (χ2n) is 10.4. The average molecular weight is 553 g/mol. The van der Waals surface area contributed by atoms with Crippen LogP contribution < -0.4 is 11.1 Å². The molecule has 1 spiro atoms. The molecule has 0 amide bonds. The molecule has 0 unspecified atom stereocenters. The first-order valence-electron chi connectivity index (χ1n) is 12.2. The van der Waals surface area contributed by atoms with Crippen LogP contribution in [0.4, 0.5) is 11.6 Å². The molecule has 2 aliphatic rings. The van der Waals surface area contributed by atoms with Gasteiger partial charge in [-0.25, -0.2) is 15.0 Å². The third-order valence-corrected chi connectivity index (χ3v) is 8.25. The molecule has 2 fully saturated rings. The van der Waals surface area contributed by atoms with E-state index in [4.69, 9.17) is 10.5 Å². The Bertz CT molecular complexity index is 1460. The number of aliphatic hydroxyl groups excluding tert-OH is 2. The molecule has 5 atom stereocenters. The molecule has 36 heavy (non-hydrogen) atoms. The first-order valence-corrected chi connectivity index (χ1v) is 13.0. The Morgan fingerprint density at radius 2 is 2.03 bits per heavy atom. The fourth-order valence-corrected chi connectivity index (χ4v) is 6.15. The molecule has 1 saturated carbocycles. The fourth-order valence-electron chi connectivity index (χ4n) is 5.81. The highest BCUT2D eigenvalue weighted by atomic mass is 79.9. The van der Waals surface area contributed by atoms with Crippen LogP contribution in [0.2, 0.25) is 0 Å². The Hall–Kier alpha value is -2.79. The zero-order valence-corrected chi connectivity index (χ0v) is 21.7. The molecular weight excluding hydrogens is 524 g/mol. The zero-order valence-electron chi connectivity index (χ0n) is 20.1. The van der Waals surface area contributed by atoms with Crippen LogP contribution in [0.25, 0.3) is 21.9 Å². The van der Waals surface area contributed by atoms with Crippen LogP contribution in [0.15, 0.2) is 47.3 Å². The van der Waals surface area contributed by atoms with Crippen LogP contribution in [0.1, 0.15) is 44.4 Å². The van der Waals surface area contributed by atoms with E-state index in [-0.39, 0.29) is 18.2 Å². The highest BCUT2D eigenvalue weighted by molar-refractivity contribution is 9.10. The number of rotatable bonds is 4. The number of nitrogens with zero attached hydrogens (tertiary/aromatic N) is 4. The molecule has 9 nitrogen and oxygen atoms in total. The minimum atomic E-state index is -0.935. The Kier molecular flexibility index (Phi) is 5.67. The largest absolute Gasteiger partial charge is 0.390 e. The highest BCUT2D eigenvalue weighted by Crippen LogP contribution is 2.55. The molecule has 0 bridgehead atoms. The molecule has 4 heterocycles. The number of ether oxygens (including phenoxy) is 1. The lowest BCUT2D eigenvalue weighted by Crippen LogP contribution is -2.37. The number of pyridine rings is 1. The van der Waals surface area contributed by atoms with Gasteiger partial charge >= 0.3 is 0 Å². The van der Waals surface area contributed by atoms with Crippen molar-refractivity contribution in [2.75, 3.05) is 17.7 Å². The Morgan fingerprint density at radius 1 is 1.19 bits per heavy atom. The smallest absolute Gasteiger partial charge is 0.145 e. The van der Waals surface area contributed by atoms with Crippen molar-refractivity contribution in [1.29, 1.82) is 0 Å². The van der Waals surface area contributed by atoms with Crippen LogP contribution >= 0.6 is 15.9 Å². The van der Waals surface area contributed by atoms with Gasteiger partial charge in [-0.2, -0.15) is 0 Å². The van der Waals surface area contributed by atoms with E-state index in [0.717, 1.165) is 37.8 Å². The highest BCUT2D eigenvalue weighted by Gasteiger charge is 2.57. The van der Waals surface area contributed by atoms with Gasteiger partial charge in [0.1, 0.15) is 29.7 Å². The number of aliphatic hydroxyl groups is 2. The number of nitrogen functional groups attached to an aromatic ring is 1. The van der Waals surface area contributed by atoms with Gasteiger partial charge in [0, 0.05) is 23.0 Å². The summed E-state index contributed by atoms with van der Waals surface area (Å²) in [6.07, 6.45) is 2.60. The number of nitrogens with one attached hydrogen (secondary N) is 1. The summed E-state index contributed by atoms with van der Waals surface area (Å²) in [5.74, 6) is 1.20. The van der Waals surface area contributed by atoms with Crippen LogP contribution in [0, 0.1) is 5.41 Å². The average Bonchev–Trinajstić information content (AvgIpc) is 3.53. The molecule has 5 N–H and O–H groups in total. The van der Waals surface area contributed by atoms with Crippen LogP contribution in [0.5, 0.6) is 0 Å². The van der Waals surface area contributed by atoms with E-state index in [0.29, 0.717) is 25.3 Å². The second-order valence-corrected chi connectivity index (χ2v) is 11.2. The van der Waals surface area contributed by atoms with E-state index in [2.05, 4.69) is 50.0 Å². The van der Waals surface area contributed by atoms with Gasteiger partial charge in [-0.3, -0.25) is 0 Å². The summed E-state index contributed by atoms with van der Waals surface area (Å²) in [6, 6.07) is 9.86. The van der Waals surface area contributed by atoms with Gasteiger partial charge in [0.05, 0.1) is 40.2 Å². The van der Waals surface area contributed by atoms with Crippen molar-refractivity contribution in [3.63, 3.8) is 0 Å². The number of hydrogen-bond donors (Lipinski definition) is 4. The van der Waals surface area contributed by atoms with Crippen LogP contribution in [-0.2, 0) is 4.74 Å². The lowest BCUT2D eigenvalue weighted by molar-refractivity contribution is -0.0309. The number of halogens is 1. The SMILES string of the molecule is CC(C)Nc1ncnc2c1ccn2[C@@H]1C[C@@]2(CO[C@H](c3ccc4cc(Br)c(N)nc4c3)C2)[C@@H](O)[C@H]1O. The molecule has 1 aromatic carbocycles. The molecule has 4 aromatic rings. The number of hydrogen-bond acceptors (Lipinski definition) is 8. The first-order chi connectivity index (χ1) is 17.3. The minimum absolute atomic E-state index is 0.202. The van der Waals surface area contributed by atoms with Gasteiger partial charge in [0.15, 0.2) is 0 Å². The quantitative estimate of drug-likeness (QED) is 0.299. The molecule has 6 rings (SSSR count). The van der Waals surface area contributed by atoms with E-state index in [1.165, 1.54) is 6.33 Å². The van der Waals surface area contributed by atoms with Gasteiger partial charge in [0.25, 0.3) is 0 Å². The molecule has 0 radical (unpaired) electrons. The Balaban J connectivity index is 1.28. The minimum Gasteiger partial charge on any atom is -0.390 e. The molecule has 188 valence electrons. The lowest BCUT2D eigenvalue weighted by atomic mass is 9.80.